The van der Waals surface area contributed by atoms with Crippen molar-refractivity contribution in [2.24, 2.45) is 0 Å². The van der Waals surface area contributed by atoms with E-state index < -0.39 is 0 Å². The third-order valence-electron chi connectivity index (χ3n) is 17.1. The standard InChI is InChI=1S/C75H53BN4/c1-48-42-49(2)74(50(3)43-48)55-44-72-75-73(45-55)78(57-36-32-54(33-37-57)52-20-8-5-9-21-52)71-41-39-59(80-68-28-16-12-24-62(68)63-25-13-17-29-69(63)80)47-65(71)76(75)64-46-58(79-66-26-14-10-22-60(66)61-23-11-15-27-67(61)79)38-40-70(64)77(72)56-34-30-53(31-35-56)51-18-6-4-7-19-51/h4-47H,1-3H3. The molecule has 0 N–H and O–H groups in total. The number of aromatic nitrogens is 2. The molecule has 16 rings (SSSR count). The molecule has 0 atom stereocenters. The van der Waals surface area contributed by atoms with E-state index in [1.807, 2.05) is 0 Å². The Balaban J connectivity index is 1.02. The van der Waals surface area contributed by atoms with E-state index in [-0.39, 0.29) is 6.71 Å². The fraction of sp³-hybridized carbons (Fsp3) is 0.0400. The van der Waals surface area contributed by atoms with Crippen LogP contribution in [-0.4, -0.2) is 15.8 Å². The second-order valence-corrected chi connectivity index (χ2v) is 21.9. The van der Waals surface area contributed by atoms with Gasteiger partial charge in [-0.15, -0.1) is 0 Å². The van der Waals surface area contributed by atoms with Crippen LogP contribution in [0.5, 0.6) is 0 Å². The van der Waals surface area contributed by atoms with E-state index in [0.717, 1.165) is 34.1 Å². The maximum atomic E-state index is 2.57. The highest BCUT2D eigenvalue weighted by Crippen LogP contribution is 2.48. The first-order valence-electron chi connectivity index (χ1n) is 27.9. The van der Waals surface area contributed by atoms with Gasteiger partial charge in [-0.25, -0.2) is 0 Å². The summed E-state index contributed by atoms with van der Waals surface area (Å²) in [7, 11) is 0. The first-order chi connectivity index (χ1) is 39.4. The Bertz CT molecular complexity index is 4400. The summed E-state index contributed by atoms with van der Waals surface area (Å²) in [6.45, 7) is 6.60. The van der Waals surface area contributed by atoms with Crippen LogP contribution in [0.25, 0.3) is 88.4 Å². The number of anilines is 6. The monoisotopic (exact) mass is 1020 g/mol. The van der Waals surface area contributed by atoms with Crippen LogP contribution in [-0.2, 0) is 0 Å². The van der Waals surface area contributed by atoms with E-state index in [4.69, 9.17) is 0 Å². The van der Waals surface area contributed by atoms with Crippen molar-refractivity contribution in [3.05, 3.63) is 284 Å². The molecule has 0 unspecified atom stereocenters. The maximum absolute atomic E-state index is 2.57. The minimum Gasteiger partial charge on any atom is -0.311 e. The highest BCUT2D eigenvalue weighted by Gasteiger charge is 2.44. The Kier molecular flexibility index (Phi) is 10.4. The van der Waals surface area contributed by atoms with Gasteiger partial charge in [-0.2, -0.15) is 0 Å². The zero-order valence-electron chi connectivity index (χ0n) is 44.8. The van der Waals surface area contributed by atoms with E-state index in [0.29, 0.717) is 0 Å². The van der Waals surface area contributed by atoms with E-state index >= 15 is 0 Å². The largest absolute Gasteiger partial charge is 0.311 e. The fourth-order valence-corrected chi connectivity index (χ4v) is 13.9. The second-order valence-electron chi connectivity index (χ2n) is 21.9. The van der Waals surface area contributed by atoms with Gasteiger partial charge in [0.05, 0.1) is 22.1 Å². The number of fused-ring (bicyclic) bond motifs is 10. The minimum atomic E-state index is -0.167. The summed E-state index contributed by atoms with van der Waals surface area (Å²) in [5.74, 6) is 0. The molecule has 4 nitrogen and oxygen atoms in total. The van der Waals surface area contributed by atoms with E-state index in [1.54, 1.807) is 0 Å². The Morgan fingerprint density at radius 3 is 1.00 bits per heavy atom. The summed E-state index contributed by atoms with van der Waals surface area (Å²) in [4.78, 5) is 5.13. The lowest BCUT2D eigenvalue weighted by molar-refractivity contribution is 1.17. The van der Waals surface area contributed by atoms with Crippen molar-refractivity contribution in [2.75, 3.05) is 9.80 Å². The fourth-order valence-electron chi connectivity index (χ4n) is 13.9. The number of benzene rings is 12. The molecule has 14 aromatic rings. The highest BCUT2D eigenvalue weighted by molar-refractivity contribution is 7.00. The quantitative estimate of drug-likeness (QED) is 0.148. The normalized spacial score (nSPS) is 12.6. The average molecular weight is 1020 g/mol. The van der Waals surface area contributed by atoms with E-state index in [2.05, 4.69) is 307 Å². The minimum absolute atomic E-state index is 0.167. The van der Waals surface area contributed by atoms with Crippen LogP contribution in [0.3, 0.4) is 0 Å². The first kappa shape index (κ1) is 46.0. The Labute approximate surface area is 466 Å². The molecule has 0 bridgehead atoms. The van der Waals surface area contributed by atoms with Crippen LogP contribution in [0.2, 0.25) is 0 Å². The summed E-state index contributed by atoms with van der Waals surface area (Å²) < 4.78 is 4.95. The van der Waals surface area contributed by atoms with Crippen LogP contribution in [0.15, 0.2) is 267 Å². The van der Waals surface area contributed by atoms with Crippen molar-refractivity contribution in [1.82, 2.24) is 9.13 Å². The predicted molar refractivity (Wildman–Crippen MR) is 340 cm³/mol. The van der Waals surface area contributed by atoms with Crippen molar-refractivity contribution < 1.29 is 0 Å². The van der Waals surface area contributed by atoms with Gasteiger partial charge in [0, 0.05) is 67.0 Å². The molecular weight excluding hydrogens is 968 g/mol. The molecule has 4 heterocycles. The molecule has 0 amide bonds. The van der Waals surface area contributed by atoms with Gasteiger partial charge in [-0.1, -0.05) is 175 Å². The van der Waals surface area contributed by atoms with Crippen LogP contribution in [0, 0.1) is 20.8 Å². The Morgan fingerprint density at radius 2 is 0.613 bits per heavy atom. The number of aryl methyl sites for hydroxylation is 3. The first-order valence-corrected chi connectivity index (χ1v) is 27.9. The van der Waals surface area contributed by atoms with Crippen LogP contribution in [0.4, 0.5) is 34.1 Å². The molecule has 0 fully saturated rings. The van der Waals surface area contributed by atoms with Gasteiger partial charge in [0.2, 0.25) is 0 Å². The molecule has 0 spiro atoms. The molecule has 80 heavy (non-hydrogen) atoms. The van der Waals surface area contributed by atoms with Crippen molar-refractivity contribution >= 4 is 101 Å². The molecule has 376 valence electrons. The van der Waals surface area contributed by atoms with Gasteiger partial charge in [0.25, 0.3) is 6.71 Å². The number of hydrogen-bond acceptors (Lipinski definition) is 2. The van der Waals surface area contributed by atoms with Crippen molar-refractivity contribution in [1.29, 1.82) is 0 Å². The van der Waals surface area contributed by atoms with Crippen LogP contribution in [0.1, 0.15) is 16.7 Å². The van der Waals surface area contributed by atoms with E-state index in [1.165, 1.54) is 121 Å². The molecule has 0 saturated heterocycles. The third kappa shape index (κ3) is 7.03. The lowest BCUT2D eigenvalue weighted by atomic mass is 9.33. The van der Waals surface area contributed by atoms with Gasteiger partial charge >= 0.3 is 0 Å². The Hall–Kier alpha value is -10.1. The van der Waals surface area contributed by atoms with Crippen molar-refractivity contribution in [3.63, 3.8) is 0 Å². The van der Waals surface area contributed by atoms with Crippen molar-refractivity contribution in [2.45, 2.75) is 20.8 Å². The summed E-state index contributed by atoms with van der Waals surface area (Å²) in [5.41, 5.74) is 28.7. The second kappa shape index (κ2) is 18.0. The molecule has 12 aromatic carbocycles. The smallest absolute Gasteiger partial charge is 0.252 e. The third-order valence-corrected chi connectivity index (χ3v) is 17.1. The molecular formula is C75H53BN4. The van der Waals surface area contributed by atoms with E-state index in [9.17, 15) is 0 Å². The highest BCUT2D eigenvalue weighted by atomic mass is 15.2. The molecule has 2 aliphatic heterocycles. The molecule has 0 saturated carbocycles. The number of para-hydroxylation sites is 4. The maximum Gasteiger partial charge on any atom is 0.252 e. The summed E-state index contributed by atoms with van der Waals surface area (Å²) in [6.07, 6.45) is 0. The molecule has 0 radical (unpaired) electrons. The lowest BCUT2D eigenvalue weighted by Gasteiger charge is -2.45. The summed E-state index contributed by atoms with van der Waals surface area (Å²) in [6, 6.07) is 99.6. The van der Waals surface area contributed by atoms with Crippen molar-refractivity contribution in [3.8, 4) is 44.8 Å². The zero-order valence-corrected chi connectivity index (χ0v) is 44.8. The Morgan fingerprint density at radius 1 is 0.275 bits per heavy atom. The van der Waals surface area contributed by atoms with Gasteiger partial charge < -0.3 is 18.9 Å². The van der Waals surface area contributed by atoms with Gasteiger partial charge in [0.15, 0.2) is 0 Å². The number of hydrogen-bond donors (Lipinski definition) is 0. The zero-order chi connectivity index (χ0) is 53.2. The molecule has 2 aromatic heterocycles. The molecule has 5 heteroatoms. The van der Waals surface area contributed by atoms with Crippen LogP contribution >= 0.6 is 0 Å². The van der Waals surface area contributed by atoms with Gasteiger partial charge in [-0.3, -0.25) is 0 Å². The lowest BCUT2D eigenvalue weighted by Crippen LogP contribution is -2.61. The summed E-state index contributed by atoms with van der Waals surface area (Å²) in [5, 5.41) is 4.98. The van der Waals surface area contributed by atoms with Gasteiger partial charge in [-0.05, 0) is 179 Å². The van der Waals surface area contributed by atoms with Crippen LogP contribution < -0.4 is 26.2 Å². The predicted octanol–water partition coefficient (Wildman–Crippen LogP) is 17.9. The molecule has 2 aliphatic rings. The molecule has 0 aliphatic carbocycles. The topological polar surface area (TPSA) is 16.3 Å². The summed E-state index contributed by atoms with van der Waals surface area (Å²) >= 11 is 0. The SMILES string of the molecule is Cc1cc(C)c(-c2cc3c4c(c2)N(c2ccc(-c5ccccc5)cc2)c2ccc(-n5c6ccccc6c6ccccc65)cc2B4c2cc(-n4c5ccccc5c5ccccc54)ccc2N3c2ccc(-c3ccccc3)cc2)c(C)c1. The number of nitrogens with zero attached hydrogens (tertiary/aromatic N) is 4. The van der Waals surface area contributed by atoms with Gasteiger partial charge in [0.1, 0.15) is 0 Å². The number of rotatable bonds is 7. The average Bonchev–Trinajstić information content (AvgIpc) is 3.82.